The number of thiophene rings is 1. The van der Waals surface area contributed by atoms with Gasteiger partial charge in [0.1, 0.15) is 15.7 Å². The van der Waals surface area contributed by atoms with Crippen molar-refractivity contribution >= 4 is 45.0 Å². The maximum absolute atomic E-state index is 12.2. The molecule has 1 amide bonds. The van der Waals surface area contributed by atoms with Crippen molar-refractivity contribution in [3.63, 3.8) is 0 Å². The largest absolute Gasteiger partial charge is 0.295 e. The lowest BCUT2D eigenvalue weighted by atomic mass is 10.4. The molecule has 0 spiro atoms. The predicted octanol–water partition coefficient (Wildman–Crippen LogP) is 3.85. The molecular weight excluding hydrogens is 324 g/mol. The molecule has 0 aromatic carbocycles. The number of hydrogen-bond donors (Lipinski definition) is 1. The van der Waals surface area contributed by atoms with Crippen LogP contribution in [0.15, 0.2) is 22.9 Å². The van der Waals surface area contributed by atoms with E-state index in [0.29, 0.717) is 16.7 Å². The molecule has 3 aromatic heterocycles. The molecule has 8 heteroatoms. The second kappa shape index (κ2) is 5.28. The molecule has 106 valence electrons. The molecule has 1 N–H and O–H groups in total. The van der Waals surface area contributed by atoms with Gasteiger partial charge in [-0.1, -0.05) is 17.4 Å². The second-order valence-electron chi connectivity index (χ2n) is 4.69. The van der Waals surface area contributed by atoms with Gasteiger partial charge in [0.2, 0.25) is 5.13 Å². The van der Waals surface area contributed by atoms with Crippen molar-refractivity contribution in [3.8, 4) is 9.88 Å². The highest BCUT2D eigenvalue weighted by atomic mass is 32.1. The summed E-state index contributed by atoms with van der Waals surface area (Å²) in [5.74, 6) is 0.324. The van der Waals surface area contributed by atoms with E-state index in [1.165, 1.54) is 35.5 Å². The Morgan fingerprint density at radius 1 is 1.29 bits per heavy atom. The van der Waals surface area contributed by atoms with Gasteiger partial charge < -0.3 is 0 Å². The average Bonchev–Trinajstić information content (AvgIpc) is 2.94. The second-order valence-corrected chi connectivity index (χ2v) is 7.50. The standard InChI is InChI=1S/C13H10N4OS3/c18-10(15-13-17-16-11(21-13)7-3-4-7)8-6-20-12(14-8)9-2-1-5-19-9/h1-2,5-7H,3-4H2,(H,15,17,18). The first-order valence-corrected chi connectivity index (χ1v) is 9.01. The number of anilines is 1. The van der Waals surface area contributed by atoms with Crippen LogP contribution in [0.1, 0.15) is 34.3 Å². The Hall–Kier alpha value is -1.64. The highest BCUT2D eigenvalue weighted by Gasteiger charge is 2.28. The van der Waals surface area contributed by atoms with Crippen LogP contribution in [0, 0.1) is 0 Å². The van der Waals surface area contributed by atoms with Crippen molar-refractivity contribution < 1.29 is 4.79 Å². The van der Waals surface area contributed by atoms with Gasteiger partial charge in [-0.25, -0.2) is 4.98 Å². The molecule has 0 atom stereocenters. The summed E-state index contributed by atoms with van der Waals surface area (Å²) in [6.45, 7) is 0. The van der Waals surface area contributed by atoms with E-state index in [-0.39, 0.29) is 5.91 Å². The van der Waals surface area contributed by atoms with Gasteiger partial charge in [-0.15, -0.1) is 32.9 Å². The molecule has 1 fully saturated rings. The van der Waals surface area contributed by atoms with Crippen LogP contribution < -0.4 is 5.32 Å². The molecule has 5 nitrogen and oxygen atoms in total. The Balaban J connectivity index is 1.49. The number of hydrogen-bond acceptors (Lipinski definition) is 7. The van der Waals surface area contributed by atoms with Gasteiger partial charge in [-0.05, 0) is 24.3 Å². The zero-order chi connectivity index (χ0) is 14.2. The fourth-order valence-electron chi connectivity index (χ4n) is 1.83. The summed E-state index contributed by atoms with van der Waals surface area (Å²) < 4.78 is 0. The third-order valence-electron chi connectivity index (χ3n) is 3.06. The maximum Gasteiger partial charge on any atom is 0.276 e. The minimum atomic E-state index is -0.229. The van der Waals surface area contributed by atoms with Crippen LogP contribution in [0.25, 0.3) is 9.88 Å². The Labute approximate surface area is 132 Å². The van der Waals surface area contributed by atoms with Gasteiger partial charge in [-0.2, -0.15) is 0 Å². The Kier molecular flexibility index (Phi) is 3.28. The molecule has 0 bridgehead atoms. The maximum atomic E-state index is 12.2. The third kappa shape index (κ3) is 2.74. The summed E-state index contributed by atoms with van der Waals surface area (Å²) in [4.78, 5) is 17.6. The Morgan fingerprint density at radius 2 is 2.19 bits per heavy atom. The van der Waals surface area contributed by atoms with Crippen LogP contribution >= 0.6 is 34.0 Å². The highest BCUT2D eigenvalue weighted by molar-refractivity contribution is 7.20. The summed E-state index contributed by atoms with van der Waals surface area (Å²) in [5, 5.41) is 17.1. The lowest BCUT2D eigenvalue weighted by molar-refractivity contribution is 0.102. The minimum Gasteiger partial charge on any atom is -0.295 e. The van der Waals surface area contributed by atoms with E-state index in [2.05, 4.69) is 20.5 Å². The topological polar surface area (TPSA) is 67.8 Å². The van der Waals surface area contributed by atoms with E-state index in [4.69, 9.17) is 0 Å². The number of carbonyl (C=O) groups excluding carboxylic acids is 1. The van der Waals surface area contributed by atoms with E-state index < -0.39 is 0 Å². The van der Waals surface area contributed by atoms with Crippen LogP contribution in [0.2, 0.25) is 0 Å². The molecule has 0 radical (unpaired) electrons. The highest BCUT2D eigenvalue weighted by Crippen LogP contribution is 2.42. The van der Waals surface area contributed by atoms with Crippen molar-refractivity contribution in [2.24, 2.45) is 0 Å². The monoisotopic (exact) mass is 334 g/mol. The first-order valence-electron chi connectivity index (χ1n) is 6.44. The fourth-order valence-corrected chi connectivity index (χ4v) is 4.35. The van der Waals surface area contributed by atoms with E-state index in [1.54, 1.807) is 16.7 Å². The lowest BCUT2D eigenvalue weighted by Crippen LogP contribution is -2.12. The number of aromatic nitrogens is 3. The molecule has 0 aliphatic heterocycles. The van der Waals surface area contributed by atoms with E-state index in [9.17, 15) is 4.79 Å². The van der Waals surface area contributed by atoms with Crippen LogP contribution in [-0.4, -0.2) is 21.1 Å². The third-order valence-corrected chi connectivity index (χ3v) is 5.94. The quantitative estimate of drug-likeness (QED) is 0.787. The van der Waals surface area contributed by atoms with Crippen molar-refractivity contribution in [1.29, 1.82) is 0 Å². The smallest absolute Gasteiger partial charge is 0.276 e. The number of nitrogens with one attached hydrogen (secondary N) is 1. The Bertz CT molecular complexity index is 773. The van der Waals surface area contributed by atoms with Crippen LogP contribution in [-0.2, 0) is 0 Å². The zero-order valence-electron chi connectivity index (χ0n) is 10.8. The zero-order valence-corrected chi connectivity index (χ0v) is 13.2. The minimum absolute atomic E-state index is 0.229. The van der Waals surface area contributed by atoms with Crippen LogP contribution in [0.3, 0.4) is 0 Å². The van der Waals surface area contributed by atoms with Gasteiger partial charge >= 0.3 is 0 Å². The molecule has 1 aliphatic carbocycles. The van der Waals surface area contributed by atoms with Gasteiger partial charge in [-0.3, -0.25) is 10.1 Å². The predicted molar refractivity (Wildman–Crippen MR) is 85.3 cm³/mol. The van der Waals surface area contributed by atoms with E-state index in [1.807, 2.05) is 17.5 Å². The van der Waals surface area contributed by atoms with Gasteiger partial charge in [0, 0.05) is 11.3 Å². The summed E-state index contributed by atoms with van der Waals surface area (Å²) in [6, 6.07) is 3.97. The van der Waals surface area contributed by atoms with Crippen LogP contribution in [0.4, 0.5) is 5.13 Å². The molecule has 4 rings (SSSR count). The van der Waals surface area contributed by atoms with Crippen molar-refractivity contribution in [3.05, 3.63) is 33.6 Å². The molecule has 0 unspecified atom stereocenters. The molecule has 21 heavy (non-hydrogen) atoms. The number of rotatable bonds is 4. The van der Waals surface area contributed by atoms with Crippen molar-refractivity contribution in [2.75, 3.05) is 5.32 Å². The SMILES string of the molecule is O=C(Nc1nnc(C2CC2)s1)c1csc(-c2cccs2)n1. The van der Waals surface area contributed by atoms with Crippen LogP contribution in [0.5, 0.6) is 0 Å². The molecular formula is C13H10N4OS3. The summed E-state index contributed by atoms with van der Waals surface area (Å²) in [7, 11) is 0. The van der Waals surface area contributed by atoms with E-state index >= 15 is 0 Å². The fraction of sp³-hybridized carbons (Fsp3) is 0.231. The molecule has 3 aromatic rings. The summed E-state index contributed by atoms with van der Waals surface area (Å²) >= 11 is 4.54. The first kappa shape index (κ1) is 13.1. The molecule has 1 saturated carbocycles. The lowest BCUT2D eigenvalue weighted by Gasteiger charge is -1.96. The number of thiazole rings is 1. The Morgan fingerprint density at radius 3 is 2.95 bits per heavy atom. The van der Waals surface area contributed by atoms with Gasteiger partial charge in [0.05, 0.1) is 4.88 Å². The molecule has 1 aliphatic rings. The first-order chi connectivity index (χ1) is 10.3. The van der Waals surface area contributed by atoms with Crippen molar-refractivity contribution in [1.82, 2.24) is 15.2 Å². The molecule has 3 heterocycles. The van der Waals surface area contributed by atoms with Gasteiger partial charge in [0.15, 0.2) is 0 Å². The number of amides is 1. The number of carbonyl (C=O) groups is 1. The summed E-state index contributed by atoms with van der Waals surface area (Å²) in [5.41, 5.74) is 0.423. The number of nitrogens with zero attached hydrogens (tertiary/aromatic N) is 3. The molecule has 0 saturated heterocycles. The van der Waals surface area contributed by atoms with Crippen molar-refractivity contribution in [2.45, 2.75) is 18.8 Å². The van der Waals surface area contributed by atoms with Gasteiger partial charge in [0.25, 0.3) is 5.91 Å². The normalized spacial score (nSPS) is 14.3. The average molecular weight is 334 g/mol. The van der Waals surface area contributed by atoms with E-state index in [0.717, 1.165) is 14.9 Å². The summed E-state index contributed by atoms with van der Waals surface area (Å²) in [6.07, 6.45) is 2.36.